The van der Waals surface area contributed by atoms with Crippen molar-refractivity contribution in [3.8, 4) is 0 Å². The van der Waals surface area contributed by atoms with Crippen molar-refractivity contribution in [2.45, 2.75) is 6.42 Å². The summed E-state index contributed by atoms with van der Waals surface area (Å²) < 4.78 is 7.32. The van der Waals surface area contributed by atoms with E-state index in [9.17, 15) is 4.79 Å². The maximum absolute atomic E-state index is 11.6. The van der Waals surface area contributed by atoms with Gasteiger partial charge in [0, 0.05) is 17.1 Å². The lowest BCUT2D eigenvalue weighted by Gasteiger charge is -1.99. The highest BCUT2D eigenvalue weighted by molar-refractivity contribution is 9.10. The summed E-state index contributed by atoms with van der Waals surface area (Å²) in [6.07, 6.45) is 2.19. The first kappa shape index (κ1) is 12.1. The second kappa shape index (κ2) is 4.85. The van der Waals surface area contributed by atoms with Crippen LogP contribution in [0.4, 0.5) is 0 Å². The zero-order valence-electron chi connectivity index (χ0n) is 9.18. The summed E-state index contributed by atoms with van der Waals surface area (Å²) in [5.41, 5.74) is 0.937. The van der Waals surface area contributed by atoms with Crippen LogP contribution >= 0.6 is 15.9 Å². The van der Waals surface area contributed by atoms with Gasteiger partial charge in [-0.2, -0.15) is 0 Å². The Morgan fingerprint density at radius 1 is 1.59 bits per heavy atom. The lowest BCUT2D eigenvalue weighted by atomic mass is 10.3. The normalized spacial score (nSPS) is 10.8. The number of aromatic nitrogens is 2. The third-order valence-electron chi connectivity index (χ3n) is 2.39. The van der Waals surface area contributed by atoms with E-state index >= 15 is 0 Å². The minimum atomic E-state index is -0.478. The largest absolute Gasteiger partial charge is 0.464 e. The average Bonchev–Trinajstić information content (AvgIpc) is 2.67. The maximum Gasteiger partial charge on any atom is 0.358 e. The number of hydrogen-bond donors (Lipinski definition) is 1. The quantitative estimate of drug-likeness (QED) is 0.871. The van der Waals surface area contributed by atoms with Crippen LogP contribution < -0.4 is 0 Å². The smallest absolute Gasteiger partial charge is 0.358 e. The van der Waals surface area contributed by atoms with Gasteiger partial charge in [0.2, 0.25) is 0 Å². The van der Waals surface area contributed by atoms with Gasteiger partial charge in [0.1, 0.15) is 5.82 Å². The second-order valence-corrected chi connectivity index (χ2v) is 4.36. The SMILES string of the molecule is COC(=O)c1nc(CCO)n2cc(Br)ccc12. The number of nitrogens with zero attached hydrogens (tertiary/aromatic N) is 2. The minimum Gasteiger partial charge on any atom is -0.464 e. The number of imidazole rings is 1. The third kappa shape index (κ3) is 2.18. The number of ether oxygens (including phenoxy) is 1. The fraction of sp³-hybridized carbons (Fsp3) is 0.273. The van der Waals surface area contributed by atoms with Crippen molar-refractivity contribution < 1.29 is 14.6 Å². The molecule has 0 aliphatic rings. The number of pyridine rings is 1. The van der Waals surface area contributed by atoms with Crippen LogP contribution in [0.2, 0.25) is 0 Å². The van der Waals surface area contributed by atoms with Gasteiger partial charge in [-0.05, 0) is 28.1 Å². The van der Waals surface area contributed by atoms with Crippen molar-refractivity contribution in [2.75, 3.05) is 13.7 Å². The Morgan fingerprint density at radius 3 is 3.00 bits per heavy atom. The molecule has 5 nitrogen and oxygen atoms in total. The zero-order chi connectivity index (χ0) is 12.4. The molecule has 0 radical (unpaired) electrons. The first-order valence-electron chi connectivity index (χ1n) is 5.03. The van der Waals surface area contributed by atoms with Gasteiger partial charge in [-0.25, -0.2) is 9.78 Å². The highest BCUT2D eigenvalue weighted by Crippen LogP contribution is 2.18. The van der Waals surface area contributed by atoms with E-state index in [0.717, 1.165) is 4.47 Å². The first-order valence-corrected chi connectivity index (χ1v) is 5.82. The molecule has 0 atom stereocenters. The zero-order valence-corrected chi connectivity index (χ0v) is 10.8. The van der Waals surface area contributed by atoms with Gasteiger partial charge in [-0.1, -0.05) is 0 Å². The molecule has 2 heterocycles. The monoisotopic (exact) mass is 298 g/mol. The van der Waals surface area contributed by atoms with Gasteiger partial charge >= 0.3 is 5.97 Å². The number of carbonyl (C=O) groups excluding carboxylic acids is 1. The Hall–Kier alpha value is -1.40. The van der Waals surface area contributed by atoms with Crippen LogP contribution in [0.5, 0.6) is 0 Å². The summed E-state index contributed by atoms with van der Waals surface area (Å²) in [5.74, 6) is 0.151. The lowest BCUT2D eigenvalue weighted by Crippen LogP contribution is -2.02. The molecule has 0 spiro atoms. The lowest BCUT2D eigenvalue weighted by molar-refractivity contribution is 0.0596. The molecule has 2 aromatic heterocycles. The van der Waals surface area contributed by atoms with Gasteiger partial charge in [0.15, 0.2) is 5.69 Å². The van der Waals surface area contributed by atoms with Crippen LogP contribution in [-0.4, -0.2) is 34.2 Å². The predicted molar refractivity (Wildman–Crippen MR) is 65.0 cm³/mol. The van der Waals surface area contributed by atoms with Crippen molar-refractivity contribution in [3.05, 3.63) is 34.3 Å². The van der Waals surface area contributed by atoms with E-state index in [4.69, 9.17) is 5.11 Å². The van der Waals surface area contributed by atoms with Crippen molar-refractivity contribution >= 4 is 27.4 Å². The third-order valence-corrected chi connectivity index (χ3v) is 2.86. The average molecular weight is 299 g/mol. The maximum atomic E-state index is 11.6. The highest BCUT2D eigenvalue weighted by atomic mass is 79.9. The molecule has 0 unspecified atom stereocenters. The van der Waals surface area contributed by atoms with Crippen molar-refractivity contribution in [1.29, 1.82) is 0 Å². The summed E-state index contributed by atoms with van der Waals surface area (Å²) in [6, 6.07) is 3.61. The van der Waals surface area contributed by atoms with E-state index in [2.05, 4.69) is 25.7 Å². The van der Waals surface area contributed by atoms with Crippen LogP contribution in [0, 0.1) is 0 Å². The number of hydrogen-bond acceptors (Lipinski definition) is 4. The number of halogens is 1. The molecule has 0 fully saturated rings. The molecule has 2 aromatic rings. The summed E-state index contributed by atoms with van der Waals surface area (Å²) in [7, 11) is 1.32. The highest BCUT2D eigenvalue weighted by Gasteiger charge is 2.17. The molecule has 1 N–H and O–H groups in total. The van der Waals surface area contributed by atoms with Crippen LogP contribution in [0.1, 0.15) is 16.3 Å². The molecule has 2 rings (SSSR count). The Balaban J connectivity index is 2.66. The fourth-order valence-corrected chi connectivity index (χ4v) is 1.98. The van der Waals surface area contributed by atoms with Crippen molar-refractivity contribution in [2.24, 2.45) is 0 Å². The van der Waals surface area contributed by atoms with Crippen molar-refractivity contribution in [3.63, 3.8) is 0 Å². The molecule has 17 heavy (non-hydrogen) atoms. The molecule has 90 valence electrons. The summed E-state index contributed by atoms with van der Waals surface area (Å²) in [4.78, 5) is 15.8. The number of methoxy groups -OCH3 is 1. The molecular formula is C11H11BrN2O3. The van der Waals surface area contributed by atoms with E-state index in [1.54, 1.807) is 16.7 Å². The minimum absolute atomic E-state index is 0.0216. The molecule has 0 aliphatic heterocycles. The fourth-order valence-electron chi connectivity index (χ4n) is 1.64. The van der Waals surface area contributed by atoms with Gasteiger partial charge in [-0.15, -0.1) is 0 Å². The Labute approximate surface area is 106 Å². The first-order chi connectivity index (χ1) is 8.17. The van der Waals surface area contributed by atoms with Crippen LogP contribution in [-0.2, 0) is 11.2 Å². The molecule has 0 bridgehead atoms. The number of rotatable bonds is 3. The Morgan fingerprint density at radius 2 is 2.35 bits per heavy atom. The predicted octanol–water partition coefficient (Wildman–Crippen LogP) is 1.42. The number of aliphatic hydroxyl groups excluding tert-OH is 1. The molecular weight excluding hydrogens is 288 g/mol. The summed E-state index contributed by atoms with van der Waals surface area (Å²) >= 11 is 3.35. The molecule has 0 saturated heterocycles. The summed E-state index contributed by atoms with van der Waals surface area (Å²) in [5, 5.41) is 8.97. The van der Waals surface area contributed by atoms with Crippen LogP contribution in [0.15, 0.2) is 22.8 Å². The molecule has 6 heteroatoms. The molecule has 0 saturated carbocycles. The van der Waals surface area contributed by atoms with E-state index in [-0.39, 0.29) is 12.3 Å². The second-order valence-electron chi connectivity index (χ2n) is 3.44. The van der Waals surface area contributed by atoms with Crippen LogP contribution in [0.3, 0.4) is 0 Å². The van der Waals surface area contributed by atoms with E-state index in [0.29, 0.717) is 17.8 Å². The van der Waals surface area contributed by atoms with E-state index in [1.165, 1.54) is 7.11 Å². The van der Waals surface area contributed by atoms with Gasteiger partial charge < -0.3 is 14.2 Å². The number of aliphatic hydroxyl groups is 1. The van der Waals surface area contributed by atoms with Gasteiger partial charge in [0.05, 0.1) is 19.2 Å². The number of carbonyl (C=O) groups is 1. The standard InChI is InChI=1S/C11H11BrN2O3/c1-17-11(16)10-8-3-2-7(12)6-14(8)9(13-10)4-5-15/h2-3,6,15H,4-5H2,1H3. The van der Waals surface area contributed by atoms with E-state index < -0.39 is 5.97 Å². The van der Waals surface area contributed by atoms with Gasteiger partial charge in [0.25, 0.3) is 0 Å². The number of fused-ring (bicyclic) bond motifs is 1. The number of esters is 1. The summed E-state index contributed by atoms with van der Waals surface area (Å²) in [6.45, 7) is -0.0216. The topological polar surface area (TPSA) is 63.8 Å². The molecule has 0 amide bonds. The molecule has 0 aliphatic carbocycles. The van der Waals surface area contributed by atoms with Crippen molar-refractivity contribution in [1.82, 2.24) is 9.38 Å². The Bertz CT molecular complexity index is 565. The van der Waals surface area contributed by atoms with Gasteiger partial charge in [-0.3, -0.25) is 0 Å². The Kier molecular flexibility index (Phi) is 3.44. The molecule has 0 aromatic carbocycles. The van der Waals surface area contributed by atoms with E-state index in [1.807, 2.05) is 6.07 Å². The van der Waals surface area contributed by atoms with Crippen LogP contribution in [0.25, 0.3) is 5.52 Å².